The van der Waals surface area contributed by atoms with Crippen LogP contribution in [0, 0.1) is 13.8 Å². The first kappa shape index (κ1) is 20.9. The van der Waals surface area contributed by atoms with Gasteiger partial charge < -0.3 is 4.90 Å². The first-order valence-electron chi connectivity index (χ1n) is 9.39. The first-order chi connectivity index (χ1) is 13.4. The second-order valence-electron chi connectivity index (χ2n) is 6.74. The number of rotatable bonds is 5. The van der Waals surface area contributed by atoms with Crippen LogP contribution in [0.3, 0.4) is 0 Å². The van der Waals surface area contributed by atoms with Gasteiger partial charge in [0.05, 0.1) is 17.0 Å². The van der Waals surface area contributed by atoms with E-state index in [1.165, 1.54) is 4.31 Å². The Bertz CT molecular complexity index is 936. The van der Waals surface area contributed by atoms with Gasteiger partial charge in [0.25, 0.3) is 5.91 Å². The maximum Gasteiger partial charge on any atom is 0.255 e. The van der Waals surface area contributed by atoms with Crippen molar-refractivity contribution in [2.24, 2.45) is 0 Å². The van der Waals surface area contributed by atoms with Crippen LogP contribution in [-0.4, -0.2) is 65.7 Å². The van der Waals surface area contributed by atoms with Crippen molar-refractivity contribution in [2.45, 2.75) is 37.0 Å². The Balaban J connectivity index is 1.78. The molecule has 2 aromatic rings. The Morgan fingerprint density at radius 1 is 1.18 bits per heavy atom. The molecule has 0 unspecified atom stereocenters. The molecule has 2 heterocycles. The smallest absolute Gasteiger partial charge is 0.255 e. The zero-order valence-corrected chi connectivity index (χ0v) is 18.1. The van der Waals surface area contributed by atoms with Crippen LogP contribution in [0.1, 0.15) is 35.1 Å². The van der Waals surface area contributed by atoms with Gasteiger partial charge in [-0.2, -0.15) is 9.40 Å². The largest absolute Gasteiger partial charge is 0.337 e. The van der Waals surface area contributed by atoms with Crippen molar-refractivity contribution in [3.05, 3.63) is 41.2 Å². The summed E-state index contributed by atoms with van der Waals surface area (Å²) in [5.41, 5.74) is 1.70. The van der Waals surface area contributed by atoms with E-state index in [2.05, 4.69) is 17.1 Å². The van der Waals surface area contributed by atoms with Crippen molar-refractivity contribution in [1.29, 1.82) is 0 Å². The van der Waals surface area contributed by atoms with E-state index in [4.69, 9.17) is 0 Å². The maximum absolute atomic E-state index is 13.1. The SMILES string of the molecule is CCSc1ccccc1C(=O)N1CCCN(S(=O)(=O)c2c(C)n[nH]c2C)CC1. The summed E-state index contributed by atoms with van der Waals surface area (Å²) in [6, 6.07) is 7.60. The van der Waals surface area contributed by atoms with Crippen molar-refractivity contribution in [3.63, 3.8) is 0 Å². The van der Waals surface area contributed by atoms with Gasteiger partial charge in [0, 0.05) is 31.1 Å². The number of H-pyrrole nitrogens is 1. The minimum atomic E-state index is -3.64. The van der Waals surface area contributed by atoms with Crippen LogP contribution >= 0.6 is 11.8 Å². The summed E-state index contributed by atoms with van der Waals surface area (Å²) in [6.07, 6.45) is 0.601. The zero-order chi connectivity index (χ0) is 20.3. The molecule has 0 saturated carbocycles. The van der Waals surface area contributed by atoms with Crippen LogP contribution in [0.2, 0.25) is 0 Å². The summed E-state index contributed by atoms with van der Waals surface area (Å²) in [4.78, 5) is 16.0. The fourth-order valence-electron chi connectivity index (χ4n) is 3.48. The number of hydrogen-bond acceptors (Lipinski definition) is 5. The molecule has 28 heavy (non-hydrogen) atoms. The van der Waals surface area contributed by atoms with Gasteiger partial charge in [0.15, 0.2) is 0 Å². The fraction of sp³-hybridized carbons (Fsp3) is 0.474. The summed E-state index contributed by atoms with van der Waals surface area (Å²) in [7, 11) is -3.64. The van der Waals surface area contributed by atoms with Gasteiger partial charge in [-0.3, -0.25) is 9.89 Å². The number of thioether (sulfide) groups is 1. The molecule has 0 radical (unpaired) electrons. The average molecular weight is 423 g/mol. The highest BCUT2D eigenvalue weighted by molar-refractivity contribution is 7.99. The summed E-state index contributed by atoms with van der Waals surface area (Å²) in [5, 5.41) is 6.75. The van der Waals surface area contributed by atoms with E-state index in [9.17, 15) is 13.2 Å². The van der Waals surface area contributed by atoms with Crippen molar-refractivity contribution in [3.8, 4) is 0 Å². The second-order valence-corrected chi connectivity index (χ2v) is 9.92. The predicted octanol–water partition coefficient (Wildman–Crippen LogP) is 2.68. The molecule has 1 aromatic heterocycles. The first-order valence-corrected chi connectivity index (χ1v) is 11.8. The van der Waals surface area contributed by atoms with E-state index in [-0.39, 0.29) is 17.3 Å². The molecule has 0 atom stereocenters. The van der Waals surface area contributed by atoms with Gasteiger partial charge in [-0.15, -0.1) is 11.8 Å². The fourth-order valence-corrected chi connectivity index (χ4v) is 6.08. The van der Waals surface area contributed by atoms with Gasteiger partial charge in [-0.05, 0) is 38.2 Å². The van der Waals surface area contributed by atoms with Gasteiger partial charge >= 0.3 is 0 Å². The molecule has 1 N–H and O–H groups in total. The van der Waals surface area contributed by atoms with Gasteiger partial charge in [-0.25, -0.2) is 8.42 Å². The summed E-state index contributed by atoms with van der Waals surface area (Å²) in [5.74, 6) is 0.853. The molecule has 1 aromatic carbocycles. The van der Waals surface area contributed by atoms with Crippen molar-refractivity contribution in [2.75, 3.05) is 31.9 Å². The van der Waals surface area contributed by atoms with Crippen LogP contribution < -0.4 is 0 Å². The van der Waals surface area contributed by atoms with E-state index >= 15 is 0 Å². The number of benzene rings is 1. The van der Waals surface area contributed by atoms with Crippen LogP contribution in [0.5, 0.6) is 0 Å². The number of nitrogens with one attached hydrogen (secondary N) is 1. The Labute approximate surface area is 170 Å². The Kier molecular flexibility index (Phi) is 6.47. The normalized spacial score (nSPS) is 16.2. The number of nitrogens with zero attached hydrogens (tertiary/aromatic N) is 3. The number of hydrogen-bond donors (Lipinski definition) is 1. The van der Waals surface area contributed by atoms with Crippen LogP contribution in [0.15, 0.2) is 34.1 Å². The quantitative estimate of drug-likeness (QED) is 0.749. The minimum absolute atomic E-state index is 0.0357. The molecule has 0 bridgehead atoms. The number of aromatic amines is 1. The molecule has 152 valence electrons. The van der Waals surface area contributed by atoms with E-state index < -0.39 is 10.0 Å². The Hall–Kier alpha value is -1.84. The van der Waals surface area contributed by atoms with Crippen molar-refractivity contribution < 1.29 is 13.2 Å². The highest BCUT2D eigenvalue weighted by Gasteiger charge is 2.32. The standard InChI is InChI=1S/C19H26N4O3S2/c1-4-27-17-9-6-5-8-16(17)19(24)22-10-7-11-23(13-12-22)28(25,26)18-14(2)20-21-15(18)3/h5-6,8-9H,4,7,10-13H2,1-3H3,(H,20,21). The Morgan fingerprint density at radius 3 is 2.61 bits per heavy atom. The van der Waals surface area contributed by atoms with Crippen molar-refractivity contribution in [1.82, 2.24) is 19.4 Å². The molecule has 1 saturated heterocycles. The summed E-state index contributed by atoms with van der Waals surface area (Å²) < 4.78 is 27.6. The number of sulfonamides is 1. The lowest BCUT2D eigenvalue weighted by Crippen LogP contribution is -2.37. The van der Waals surface area contributed by atoms with Gasteiger partial charge in [-0.1, -0.05) is 19.1 Å². The van der Waals surface area contributed by atoms with E-state index in [1.54, 1.807) is 30.5 Å². The molecule has 0 aliphatic carbocycles. The lowest BCUT2D eigenvalue weighted by Gasteiger charge is -2.23. The third kappa shape index (κ3) is 4.11. The van der Waals surface area contributed by atoms with Crippen LogP contribution in [-0.2, 0) is 10.0 Å². The van der Waals surface area contributed by atoms with Crippen LogP contribution in [0.4, 0.5) is 0 Å². The lowest BCUT2D eigenvalue weighted by atomic mass is 10.2. The van der Waals surface area contributed by atoms with Crippen LogP contribution in [0.25, 0.3) is 0 Å². The van der Waals surface area contributed by atoms with Crippen molar-refractivity contribution >= 4 is 27.7 Å². The monoisotopic (exact) mass is 422 g/mol. The molecular weight excluding hydrogens is 396 g/mol. The number of aryl methyl sites for hydroxylation is 2. The molecule has 1 fully saturated rings. The highest BCUT2D eigenvalue weighted by atomic mass is 32.2. The average Bonchev–Trinajstić information content (AvgIpc) is 2.87. The number of carbonyl (C=O) groups excluding carboxylic acids is 1. The third-order valence-corrected chi connectivity index (χ3v) is 7.94. The number of amides is 1. The third-order valence-electron chi connectivity index (χ3n) is 4.82. The number of aromatic nitrogens is 2. The van der Waals surface area contributed by atoms with E-state index in [0.29, 0.717) is 43.0 Å². The Morgan fingerprint density at radius 2 is 1.93 bits per heavy atom. The summed E-state index contributed by atoms with van der Waals surface area (Å²) >= 11 is 1.64. The molecule has 7 nitrogen and oxygen atoms in total. The van der Waals surface area contributed by atoms with E-state index in [1.807, 2.05) is 24.3 Å². The lowest BCUT2D eigenvalue weighted by molar-refractivity contribution is 0.0761. The zero-order valence-electron chi connectivity index (χ0n) is 16.4. The molecular formula is C19H26N4O3S2. The van der Waals surface area contributed by atoms with E-state index in [0.717, 1.165) is 10.6 Å². The predicted molar refractivity (Wildman–Crippen MR) is 110 cm³/mol. The minimum Gasteiger partial charge on any atom is -0.337 e. The topological polar surface area (TPSA) is 86.4 Å². The number of carbonyl (C=O) groups is 1. The van der Waals surface area contributed by atoms with Gasteiger partial charge in [0.1, 0.15) is 4.90 Å². The maximum atomic E-state index is 13.1. The molecule has 1 amide bonds. The second kappa shape index (κ2) is 8.67. The molecule has 0 spiro atoms. The summed E-state index contributed by atoms with van der Waals surface area (Å²) in [6.45, 7) is 7.04. The highest BCUT2D eigenvalue weighted by Crippen LogP contribution is 2.26. The molecule has 1 aliphatic heterocycles. The molecule has 9 heteroatoms. The molecule has 3 rings (SSSR count). The molecule has 1 aliphatic rings. The van der Waals surface area contributed by atoms with Gasteiger partial charge in [0.2, 0.25) is 10.0 Å².